The number of nitrogens with zero attached hydrogens (tertiary/aromatic N) is 4. The van der Waals surface area contributed by atoms with Crippen molar-refractivity contribution in [2.75, 3.05) is 22.9 Å². The van der Waals surface area contributed by atoms with Crippen molar-refractivity contribution in [2.45, 2.75) is 50.6 Å². The van der Waals surface area contributed by atoms with Crippen LogP contribution in [0.2, 0.25) is 0 Å². The van der Waals surface area contributed by atoms with Crippen LogP contribution in [0.5, 0.6) is 0 Å². The number of fused-ring (bicyclic) bond motifs is 6. The van der Waals surface area contributed by atoms with Crippen LogP contribution >= 0.6 is 0 Å². The number of hydrogen-bond donors (Lipinski definition) is 0. The molecule has 3 aliphatic rings. The maximum absolute atomic E-state index is 9.35. The van der Waals surface area contributed by atoms with Gasteiger partial charge in [0.25, 0.3) is 0 Å². The fourth-order valence-corrected chi connectivity index (χ4v) is 4.53. The summed E-state index contributed by atoms with van der Waals surface area (Å²) in [7, 11) is 0. The van der Waals surface area contributed by atoms with Crippen LogP contribution in [0.3, 0.4) is 0 Å². The van der Waals surface area contributed by atoms with Crippen LogP contribution in [0.4, 0.5) is 11.4 Å². The minimum Gasteiger partial charge on any atom is -0.365 e. The first kappa shape index (κ1) is 13.5. The molecule has 22 heavy (non-hydrogen) atoms. The minimum absolute atomic E-state index is 0.515. The third-order valence-corrected chi connectivity index (χ3v) is 5.52. The molecule has 112 valence electrons. The summed E-state index contributed by atoms with van der Waals surface area (Å²) in [5.41, 5.74) is 3.39. The first-order valence-corrected chi connectivity index (χ1v) is 8.35. The number of rotatable bonds is 0. The average molecular weight is 292 g/mol. The van der Waals surface area contributed by atoms with E-state index in [-0.39, 0.29) is 0 Å². The van der Waals surface area contributed by atoms with Gasteiger partial charge in [-0.1, -0.05) is 0 Å². The molecule has 0 aliphatic carbocycles. The van der Waals surface area contributed by atoms with E-state index in [0.29, 0.717) is 23.2 Å². The largest absolute Gasteiger partial charge is 0.365 e. The van der Waals surface area contributed by atoms with Crippen molar-refractivity contribution >= 4 is 11.4 Å². The number of nitriles is 2. The predicted molar refractivity (Wildman–Crippen MR) is 85.8 cm³/mol. The highest BCUT2D eigenvalue weighted by Crippen LogP contribution is 2.45. The van der Waals surface area contributed by atoms with Gasteiger partial charge < -0.3 is 9.80 Å². The normalized spacial score (nSPS) is 26.3. The molecule has 2 unspecified atom stereocenters. The molecule has 0 spiro atoms. The quantitative estimate of drug-likeness (QED) is 0.737. The van der Waals surface area contributed by atoms with Crippen molar-refractivity contribution in [2.24, 2.45) is 0 Å². The Morgan fingerprint density at radius 1 is 0.773 bits per heavy atom. The molecule has 0 aromatic heterocycles. The summed E-state index contributed by atoms with van der Waals surface area (Å²) in [5, 5.41) is 18.7. The van der Waals surface area contributed by atoms with Crippen LogP contribution in [0.25, 0.3) is 0 Å². The first-order valence-electron chi connectivity index (χ1n) is 8.35. The van der Waals surface area contributed by atoms with E-state index in [1.807, 2.05) is 12.1 Å². The maximum Gasteiger partial charge on any atom is 0.101 e. The summed E-state index contributed by atoms with van der Waals surface area (Å²) in [6, 6.07) is 9.47. The van der Waals surface area contributed by atoms with Gasteiger partial charge in [-0.2, -0.15) is 10.5 Å². The van der Waals surface area contributed by atoms with E-state index < -0.39 is 0 Å². The average Bonchev–Trinajstić information content (AvgIpc) is 2.60. The van der Waals surface area contributed by atoms with E-state index in [2.05, 4.69) is 21.9 Å². The molecular weight excluding hydrogens is 272 g/mol. The van der Waals surface area contributed by atoms with Crippen molar-refractivity contribution in [1.82, 2.24) is 0 Å². The first-order chi connectivity index (χ1) is 10.8. The molecule has 4 nitrogen and oxygen atoms in total. The van der Waals surface area contributed by atoms with E-state index in [9.17, 15) is 10.5 Å². The van der Waals surface area contributed by atoms with Crippen LogP contribution in [0.15, 0.2) is 12.1 Å². The second-order valence-electron chi connectivity index (χ2n) is 6.62. The molecule has 2 fully saturated rings. The molecule has 3 aliphatic heterocycles. The molecule has 4 heteroatoms. The molecule has 0 radical (unpaired) electrons. The van der Waals surface area contributed by atoms with E-state index in [0.717, 1.165) is 13.1 Å². The molecule has 3 heterocycles. The fourth-order valence-electron chi connectivity index (χ4n) is 4.53. The lowest BCUT2D eigenvalue weighted by Gasteiger charge is -2.54. The number of hydrogen-bond acceptors (Lipinski definition) is 4. The zero-order valence-electron chi connectivity index (χ0n) is 12.8. The molecular formula is C18H20N4. The van der Waals surface area contributed by atoms with Gasteiger partial charge in [0.1, 0.15) is 12.1 Å². The van der Waals surface area contributed by atoms with Crippen molar-refractivity contribution in [3.63, 3.8) is 0 Å². The number of benzene rings is 1. The van der Waals surface area contributed by atoms with Crippen molar-refractivity contribution in [3.8, 4) is 12.1 Å². The summed E-state index contributed by atoms with van der Waals surface area (Å²) < 4.78 is 0. The summed E-state index contributed by atoms with van der Waals surface area (Å²) >= 11 is 0. The second-order valence-corrected chi connectivity index (χ2v) is 6.62. The van der Waals surface area contributed by atoms with Gasteiger partial charge in [-0.15, -0.1) is 0 Å². The molecule has 0 amide bonds. The molecule has 0 bridgehead atoms. The highest BCUT2D eigenvalue weighted by molar-refractivity contribution is 5.79. The van der Waals surface area contributed by atoms with Crippen LogP contribution in [0.1, 0.15) is 49.7 Å². The monoisotopic (exact) mass is 292 g/mol. The number of piperidine rings is 2. The molecule has 0 saturated carbocycles. The van der Waals surface area contributed by atoms with E-state index in [1.165, 1.54) is 49.9 Å². The SMILES string of the molecule is N#Cc1cc2c(cc1C#N)N1CCCCC1C1CCCCN21. The third-order valence-electron chi connectivity index (χ3n) is 5.52. The van der Waals surface area contributed by atoms with E-state index >= 15 is 0 Å². The van der Waals surface area contributed by atoms with E-state index in [1.54, 1.807) is 0 Å². The smallest absolute Gasteiger partial charge is 0.101 e. The summed E-state index contributed by atoms with van der Waals surface area (Å²) in [4.78, 5) is 5.04. The molecule has 1 aromatic carbocycles. The second kappa shape index (κ2) is 5.21. The van der Waals surface area contributed by atoms with Crippen molar-refractivity contribution < 1.29 is 0 Å². The van der Waals surface area contributed by atoms with Crippen LogP contribution in [-0.2, 0) is 0 Å². The lowest BCUT2D eigenvalue weighted by Crippen LogP contribution is -2.59. The Kier molecular flexibility index (Phi) is 3.19. The van der Waals surface area contributed by atoms with Gasteiger partial charge in [-0.25, -0.2) is 0 Å². The summed E-state index contributed by atoms with van der Waals surface area (Å²) in [5.74, 6) is 0. The Labute approximate surface area is 131 Å². The zero-order chi connectivity index (χ0) is 15.1. The van der Waals surface area contributed by atoms with Gasteiger partial charge in [-0.05, 0) is 50.7 Å². The molecule has 2 saturated heterocycles. The highest BCUT2D eigenvalue weighted by atomic mass is 15.3. The minimum atomic E-state index is 0.515. The van der Waals surface area contributed by atoms with Gasteiger partial charge in [0, 0.05) is 25.2 Å². The lowest BCUT2D eigenvalue weighted by atomic mass is 9.84. The lowest BCUT2D eigenvalue weighted by molar-refractivity contribution is 0.327. The third kappa shape index (κ3) is 1.87. The molecule has 4 rings (SSSR count). The van der Waals surface area contributed by atoms with E-state index in [4.69, 9.17) is 0 Å². The van der Waals surface area contributed by atoms with Gasteiger partial charge in [0.2, 0.25) is 0 Å². The van der Waals surface area contributed by atoms with Gasteiger partial charge in [0.05, 0.1) is 22.5 Å². The summed E-state index contributed by atoms with van der Waals surface area (Å²) in [6.45, 7) is 2.16. The van der Waals surface area contributed by atoms with Crippen molar-refractivity contribution in [1.29, 1.82) is 10.5 Å². The Bertz CT molecular complexity index is 623. The zero-order valence-corrected chi connectivity index (χ0v) is 12.8. The molecule has 2 atom stereocenters. The summed E-state index contributed by atoms with van der Waals surface area (Å²) in [6.07, 6.45) is 7.57. The Morgan fingerprint density at radius 2 is 1.23 bits per heavy atom. The molecule has 0 N–H and O–H groups in total. The van der Waals surface area contributed by atoms with Gasteiger partial charge in [0.15, 0.2) is 0 Å². The van der Waals surface area contributed by atoms with Crippen LogP contribution in [-0.4, -0.2) is 25.2 Å². The number of anilines is 2. The van der Waals surface area contributed by atoms with Crippen LogP contribution < -0.4 is 9.80 Å². The maximum atomic E-state index is 9.35. The standard InChI is InChI=1S/C18H20N4/c19-11-13-9-17-18(10-14(13)12-20)22-8-4-2-6-16(22)15-5-1-3-7-21(15)17/h9-10,15-16H,1-8H2. The Morgan fingerprint density at radius 3 is 1.64 bits per heavy atom. The van der Waals surface area contributed by atoms with Crippen LogP contribution in [0, 0.1) is 22.7 Å². The fraction of sp³-hybridized carbons (Fsp3) is 0.556. The Hall–Kier alpha value is -2.20. The van der Waals surface area contributed by atoms with Crippen molar-refractivity contribution in [3.05, 3.63) is 23.3 Å². The Balaban J connectivity index is 1.89. The van der Waals surface area contributed by atoms with Gasteiger partial charge >= 0.3 is 0 Å². The highest BCUT2D eigenvalue weighted by Gasteiger charge is 2.41. The predicted octanol–water partition coefficient (Wildman–Crippen LogP) is 3.16. The van der Waals surface area contributed by atoms with Gasteiger partial charge in [-0.3, -0.25) is 0 Å². The topological polar surface area (TPSA) is 54.1 Å². The molecule has 1 aromatic rings.